The van der Waals surface area contributed by atoms with E-state index in [2.05, 4.69) is 5.32 Å². The van der Waals surface area contributed by atoms with Crippen LogP contribution in [0.3, 0.4) is 0 Å². The van der Waals surface area contributed by atoms with E-state index in [0.29, 0.717) is 22.3 Å². The second-order valence-electron chi connectivity index (χ2n) is 7.31. The summed E-state index contributed by atoms with van der Waals surface area (Å²) in [6.45, 7) is 7.70. The van der Waals surface area contributed by atoms with Crippen LogP contribution in [0.25, 0.3) is 0 Å². The molecule has 0 bridgehead atoms. The molecule has 0 aliphatic carbocycles. The molecule has 2 atom stereocenters. The summed E-state index contributed by atoms with van der Waals surface area (Å²) in [5, 5.41) is 3.75. The van der Waals surface area contributed by atoms with E-state index in [1.165, 1.54) is 4.90 Å². The van der Waals surface area contributed by atoms with E-state index >= 15 is 0 Å². The Hall–Kier alpha value is -2.24. The molecule has 7 heteroatoms. The first-order chi connectivity index (χ1) is 14.2. The van der Waals surface area contributed by atoms with Crippen LogP contribution >= 0.6 is 23.2 Å². The monoisotopic (exact) mass is 450 g/mol. The molecule has 2 aromatic rings. The van der Waals surface area contributed by atoms with E-state index in [9.17, 15) is 9.59 Å². The first kappa shape index (κ1) is 24.0. The highest BCUT2D eigenvalue weighted by Gasteiger charge is 2.27. The Balaban J connectivity index is 2.19. The van der Waals surface area contributed by atoms with Crippen molar-refractivity contribution in [2.75, 3.05) is 6.61 Å². The highest BCUT2D eigenvalue weighted by molar-refractivity contribution is 6.35. The molecule has 0 aliphatic rings. The van der Waals surface area contributed by atoms with E-state index in [0.717, 1.165) is 17.5 Å². The summed E-state index contributed by atoms with van der Waals surface area (Å²) in [4.78, 5) is 27.3. The Kier molecular flexibility index (Phi) is 9.00. The van der Waals surface area contributed by atoms with Gasteiger partial charge in [0, 0.05) is 17.6 Å². The van der Waals surface area contributed by atoms with Crippen LogP contribution in [0, 0.1) is 6.92 Å². The lowest BCUT2D eigenvalue weighted by molar-refractivity contribution is -0.142. The third-order valence-electron chi connectivity index (χ3n) is 5.02. The Morgan fingerprint density at radius 1 is 1.13 bits per heavy atom. The fraction of sp³-hybridized carbons (Fsp3) is 0.391. The highest BCUT2D eigenvalue weighted by atomic mass is 35.5. The number of carbonyl (C=O) groups excluding carboxylic acids is 2. The third kappa shape index (κ3) is 6.64. The first-order valence-corrected chi connectivity index (χ1v) is 10.7. The summed E-state index contributed by atoms with van der Waals surface area (Å²) in [6.07, 6.45) is 0.808. The van der Waals surface area contributed by atoms with Gasteiger partial charge in [0.15, 0.2) is 6.61 Å². The number of rotatable bonds is 9. The van der Waals surface area contributed by atoms with E-state index < -0.39 is 6.04 Å². The number of hydrogen-bond donors (Lipinski definition) is 1. The standard InChI is InChI=1S/C23H28Cl2N2O3/c1-5-16(3)26-23(29)17(4)27(13-18-9-7-6-8-15(18)2)22(28)14-30-21-11-10-19(24)12-20(21)25/h6-12,16-17H,5,13-14H2,1-4H3,(H,26,29)/t16-,17+/m1/s1. The number of ether oxygens (including phenoxy) is 1. The SMILES string of the molecule is CC[C@@H](C)NC(=O)[C@H](C)N(Cc1ccccc1C)C(=O)COc1ccc(Cl)cc1Cl. The molecule has 0 aliphatic heterocycles. The largest absolute Gasteiger partial charge is 0.482 e. The van der Waals surface area contributed by atoms with Gasteiger partial charge in [-0.25, -0.2) is 0 Å². The number of hydrogen-bond acceptors (Lipinski definition) is 3. The number of carbonyl (C=O) groups is 2. The Morgan fingerprint density at radius 2 is 1.83 bits per heavy atom. The van der Waals surface area contributed by atoms with Gasteiger partial charge in [-0.3, -0.25) is 9.59 Å². The molecule has 0 unspecified atom stereocenters. The maximum Gasteiger partial charge on any atom is 0.261 e. The zero-order chi connectivity index (χ0) is 22.3. The van der Waals surface area contributed by atoms with Gasteiger partial charge in [0.25, 0.3) is 5.91 Å². The van der Waals surface area contributed by atoms with Crippen molar-refractivity contribution in [2.24, 2.45) is 0 Å². The predicted molar refractivity (Wildman–Crippen MR) is 121 cm³/mol. The van der Waals surface area contributed by atoms with Gasteiger partial charge >= 0.3 is 0 Å². The summed E-state index contributed by atoms with van der Waals surface area (Å²) >= 11 is 12.0. The van der Waals surface area contributed by atoms with Crippen LogP contribution in [0.1, 0.15) is 38.3 Å². The van der Waals surface area contributed by atoms with Crippen molar-refractivity contribution < 1.29 is 14.3 Å². The minimum absolute atomic E-state index is 0.0273. The molecule has 2 amide bonds. The number of aryl methyl sites for hydroxylation is 1. The maximum absolute atomic E-state index is 13.1. The minimum Gasteiger partial charge on any atom is -0.482 e. The van der Waals surface area contributed by atoms with Crippen molar-refractivity contribution in [2.45, 2.75) is 52.7 Å². The van der Waals surface area contributed by atoms with Crippen LogP contribution in [0.5, 0.6) is 5.75 Å². The number of halogens is 2. The molecule has 2 rings (SSSR count). The molecular formula is C23H28Cl2N2O3. The summed E-state index contributed by atoms with van der Waals surface area (Å²) < 4.78 is 5.62. The zero-order valence-corrected chi connectivity index (χ0v) is 19.3. The van der Waals surface area contributed by atoms with Gasteiger partial charge in [0.05, 0.1) is 5.02 Å². The smallest absolute Gasteiger partial charge is 0.261 e. The van der Waals surface area contributed by atoms with Crippen LogP contribution < -0.4 is 10.1 Å². The van der Waals surface area contributed by atoms with Gasteiger partial charge in [-0.15, -0.1) is 0 Å². The Labute approximate surface area is 188 Å². The van der Waals surface area contributed by atoms with Crippen molar-refractivity contribution in [1.82, 2.24) is 10.2 Å². The molecule has 162 valence electrons. The van der Waals surface area contributed by atoms with Crippen molar-refractivity contribution in [3.63, 3.8) is 0 Å². The van der Waals surface area contributed by atoms with Crippen LogP contribution in [-0.4, -0.2) is 35.4 Å². The Bertz CT molecular complexity index is 889. The third-order valence-corrected chi connectivity index (χ3v) is 5.55. The Morgan fingerprint density at radius 3 is 2.47 bits per heavy atom. The number of nitrogens with one attached hydrogen (secondary N) is 1. The van der Waals surface area contributed by atoms with Gasteiger partial charge in [0.1, 0.15) is 11.8 Å². The van der Waals surface area contributed by atoms with Crippen molar-refractivity contribution in [1.29, 1.82) is 0 Å². The van der Waals surface area contributed by atoms with E-state index in [1.807, 2.05) is 45.0 Å². The van der Waals surface area contributed by atoms with E-state index in [-0.39, 0.29) is 24.5 Å². The van der Waals surface area contributed by atoms with Crippen molar-refractivity contribution in [3.05, 3.63) is 63.6 Å². The number of benzene rings is 2. The lowest BCUT2D eigenvalue weighted by Crippen LogP contribution is -2.50. The summed E-state index contributed by atoms with van der Waals surface area (Å²) in [5.41, 5.74) is 2.02. The van der Waals surface area contributed by atoms with Crippen LogP contribution in [0.2, 0.25) is 10.0 Å². The molecule has 0 aromatic heterocycles. The second-order valence-corrected chi connectivity index (χ2v) is 8.15. The first-order valence-electron chi connectivity index (χ1n) is 9.95. The van der Waals surface area contributed by atoms with Gasteiger partial charge in [-0.2, -0.15) is 0 Å². The molecular weight excluding hydrogens is 423 g/mol. The summed E-state index contributed by atoms with van der Waals surface area (Å²) in [6, 6.07) is 12.0. The second kappa shape index (κ2) is 11.2. The maximum atomic E-state index is 13.1. The van der Waals surface area contributed by atoms with Crippen molar-refractivity contribution >= 4 is 35.0 Å². The molecule has 30 heavy (non-hydrogen) atoms. The molecule has 2 aromatic carbocycles. The highest BCUT2D eigenvalue weighted by Crippen LogP contribution is 2.27. The minimum atomic E-state index is -0.657. The van der Waals surface area contributed by atoms with Crippen LogP contribution in [-0.2, 0) is 16.1 Å². The number of nitrogens with zero attached hydrogens (tertiary/aromatic N) is 1. The average Bonchev–Trinajstić information content (AvgIpc) is 2.71. The van der Waals surface area contributed by atoms with Crippen molar-refractivity contribution in [3.8, 4) is 5.75 Å². The molecule has 0 saturated heterocycles. The molecule has 0 spiro atoms. The molecule has 5 nitrogen and oxygen atoms in total. The summed E-state index contributed by atoms with van der Waals surface area (Å²) in [5.74, 6) is -0.145. The molecule has 1 N–H and O–H groups in total. The number of amides is 2. The van der Waals surface area contributed by atoms with E-state index in [4.69, 9.17) is 27.9 Å². The van der Waals surface area contributed by atoms with Gasteiger partial charge in [-0.05, 0) is 56.5 Å². The van der Waals surface area contributed by atoms with Crippen LogP contribution in [0.4, 0.5) is 0 Å². The fourth-order valence-corrected chi connectivity index (χ4v) is 3.30. The van der Waals surface area contributed by atoms with Crippen LogP contribution in [0.15, 0.2) is 42.5 Å². The average molecular weight is 451 g/mol. The normalized spacial score (nSPS) is 12.7. The molecule has 0 heterocycles. The molecule has 0 saturated carbocycles. The zero-order valence-electron chi connectivity index (χ0n) is 17.7. The quantitative estimate of drug-likeness (QED) is 0.583. The topological polar surface area (TPSA) is 58.6 Å². The fourth-order valence-electron chi connectivity index (χ4n) is 2.83. The molecule has 0 radical (unpaired) electrons. The molecule has 0 fully saturated rings. The lowest BCUT2D eigenvalue weighted by atomic mass is 10.1. The summed E-state index contributed by atoms with van der Waals surface area (Å²) in [7, 11) is 0. The van der Waals surface area contributed by atoms with Gasteiger partial charge in [-0.1, -0.05) is 54.4 Å². The van der Waals surface area contributed by atoms with Gasteiger partial charge in [0.2, 0.25) is 5.91 Å². The predicted octanol–water partition coefficient (Wildman–Crippen LogP) is 5.01. The van der Waals surface area contributed by atoms with Gasteiger partial charge < -0.3 is 15.0 Å². The van der Waals surface area contributed by atoms with E-state index in [1.54, 1.807) is 25.1 Å². The lowest BCUT2D eigenvalue weighted by Gasteiger charge is -2.30.